The second-order valence-electron chi connectivity index (χ2n) is 7.37. The van der Waals surface area contributed by atoms with Crippen molar-refractivity contribution < 1.29 is 18.7 Å². The Balaban J connectivity index is 1.72. The van der Waals surface area contributed by atoms with Crippen LogP contribution in [0.4, 0.5) is 4.39 Å². The van der Waals surface area contributed by atoms with Gasteiger partial charge in [-0.25, -0.2) is 4.39 Å². The molecule has 2 aromatic carbocycles. The number of methoxy groups -OCH3 is 1. The van der Waals surface area contributed by atoms with Crippen LogP contribution < -0.4 is 5.32 Å². The Hall–Kier alpha value is -3.63. The molecule has 0 aliphatic carbocycles. The molecule has 0 saturated carbocycles. The van der Waals surface area contributed by atoms with Gasteiger partial charge in [0.2, 0.25) is 0 Å². The van der Waals surface area contributed by atoms with Gasteiger partial charge >= 0.3 is 0 Å². The molecule has 1 aromatic heterocycles. The molecule has 0 fully saturated rings. The number of hydrogen-bond acceptors (Lipinski definition) is 3. The van der Waals surface area contributed by atoms with E-state index in [9.17, 15) is 14.0 Å². The van der Waals surface area contributed by atoms with Crippen LogP contribution in [0.5, 0.6) is 0 Å². The molecular formula is C24H22FN3O3. The van der Waals surface area contributed by atoms with Crippen LogP contribution in [-0.4, -0.2) is 48.5 Å². The summed E-state index contributed by atoms with van der Waals surface area (Å²) in [7, 11) is 1.57. The van der Waals surface area contributed by atoms with Crippen LogP contribution in [0.1, 0.15) is 33.2 Å². The van der Waals surface area contributed by atoms with Gasteiger partial charge in [0.05, 0.1) is 12.6 Å². The van der Waals surface area contributed by atoms with Gasteiger partial charge < -0.3 is 19.9 Å². The molecule has 1 aliphatic rings. The maximum atomic E-state index is 13.8. The van der Waals surface area contributed by atoms with Crippen LogP contribution in [0, 0.1) is 18.2 Å². The number of carbonyl (C=O) groups excluding carboxylic acids is 2. The summed E-state index contributed by atoms with van der Waals surface area (Å²) < 4.78 is 18.8. The van der Waals surface area contributed by atoms with E-state index in [1.54, 1.807) is 30.2 Å². The molecule has 158 valence electrons. The van der Waals surface area contributed by atoms with E-state index in [0.29, 0.717) is 31.7 Å². The highest BCUT2D eigenvalue weighted by molar-refractivity contribution is 5.95. The second-order valence-corrected chi connectivity index (χ2v) is 7.37. The molecule has 3 aromatic rings. The SMILES string of the molecule is C#CC(=O)N1CCc2c([nH]c3ccc(F)cc23)[C@@H]1c1ccc(C(=O)NCCOC)cc1. The normalized spacial score (nSPS) is 15.4. The number of benzene rings is 2. The highest BCUT2D eigenvalue weighted by Crippen LogP contribution is 2.38. The van der Waals surface area contributed by atoms with Crippen LogP contribution >= 0.6 is 0 Å². The number of amides is 2. The van der Waals surface area contributed by atoms with Gasteiger partial charge in [0.15, 0.2) is 0 Å². The highest BCUT2D eigenvalue weighted by atomic mass is 19.1. The van der Waals surface area contributed by atoms with E-state index in [2.05, 4.69) is 16.2 Å². The first-order valence-electron chi connectivity index (χ1n) is 9.97. The highest BCUT2D eigenvalue weighted by Gasteiger charge is 2.34. The molecule has 0 radical (unpaired) electrons. The molecule has 2 heterocycles. The Bertz CT molecular complexity index is 1180. The summed E-state index contributed by atoms with van der Waals surface area (Å²) in [6.45, 7) is 1.27. The summed E-state index contributed by atoms with van der Waals surface area (Å²) in [4.78, 5) is 29.7. The number of halogens is 1. The van der Waals surface area contributed by atoms with E-state index in [-0.39, 0.29) is 11.7 Å². The smallest absolute Gasteiger partial charge is 0.299 e. The Morgan fingerprint density at radius 3 is 2.77 bits per heavy atom. The summed E-state index contributed by atoms with van der Waals surface area (Å²) in [5.74, 6) is 1.28. The first-order chi connectivity index (χ1) is 15.0. The largest absolute Gasteiger partial charge is 0.383 e. The minimum atomic E-state index is -0.451. The fourth-order valence-electron chi connectivity index (χ4n) is 4.09. The standard InChI is InChI=1S/C24H22FN3O3/c1-3-21(29)28-12-10-18-19-14-17(25)8-9-20(19)27-22(18)23(28)15-4-6-16(7-5-15)24(30)26-11-13-31-2/h1,4-9,14,23,27H,10-13H2,2H3,(H,26,30)/t23-/m0/s1. The minimum Gasteiger partial charge on any atom is -0.383 e. The van der Waals surface area contributed by atoms with E-state index in [0.717, 1.165) is 27.7 Å². The molecule has 31 heavy (non-hydrogen) atoms. The maximum Gasteiger partial charge on any atom is 0.299 e. The monoisotopic (exact) mass is 419 g/mol. The molecule has 0 unspecified atom stereocenters. The van der Waals surface area contributed by atoms with Crippen molar-refractivity contribution in [2.75, 3.05) is 26.8 Å². The van der Waals surface area contributed by atoms with Gasteiger partial charge in [0.1, 0.15) is 5.82 Å². The van der Waals surface area contributed by atoms with Gasteiger partial charge in [-0.1, -0.05) is 12.1 Å². The predicted octanol–water partition coefficient (Wildman–Crippen LogP) is 2.79. The number of nitrogens with one attached hydrogen (secondary N) is 2. The fourth-order valence-corrected chi connectivity index (χ4v) is 4.09. The molecule has 1 aliphatic heterocycles. The van der Waals surface area contributed by atoms with Crippen molar-refractivity contribution in [3.63, 3.8) is 0 Å². The van der Waals surface area contributed by atoms with Gasteiger partial charge in [-0.2, -0.15) is 0 Å². The molecule has 4 rings (SSSR count). The van der Waals surface area contributed by atoms with Gasteiger partial charge in [-0.05, 0) is 53.8 Å². The fraction of sp³-hybridized carbons (Fsp3) is 0.250. The maximum absolute atomic E-state index is 13.8. The molecule has 6 nitrogen and oxygen atoms in total. The zero-order chi connectivity index (χ0) is 22.0. The number of fused-ring (bicyclic) bond motifs is 3. The molecule has 7 heteroatoms. The number of rotatable bonds is 5. The minimum absolute atomic E-state index is 0.203. The lowest BCUT2D eigenvalue weighted by Gasteiger charge is -2.35. The van der Waals surface area contributed by atoms with Crippen LogP contribution in [-0.2, 0) is 16.0 Å². The third-order valence-electron chi connectivity index (χ3n) is 5.55. The average molecular weight is 419 g/mol. The Morgan fingerprint density at radius 2 is 2.06 bits per heavy atom. The lowest BCUT2D eigenvalue weighted by Crippen LogP contribution is -2.40. The number of ether oxygens (including phenoxy) is 1. The third kappa shape index (κ3) is 3.90. The van der Waals surface area contributed by atoms with Crippen molar-refractivity contribution in [1.29, 1.82) is 0 Å². The Kier molecular flexibility index (Phi) is 5.74. The summed E-state index contributed by atoms with van der Waals surface area (Å²) in [5, 5.41) is 3.58. The number of nitrogens with zero attached hydrogens (tertiary/aromatic N) is 1. The number of terminal acetylenes is 1. The summed E-state index contributed by atoms with van der Waals surface area (Å²) in [5.41, 5.74) is 3.91. The quantitative estimate of drug-likeness (QED) is 0.493. The zero-order valence-electron chi connectivity index (χ0n) is 17.1. The van der Waals surface area contributed by atoms with Crippen LogP contribution in [0.15, 0.2) is 42.5 Å². The van der Waals surface area contributed by atoms with Gasteiger partial charge in [-0.15, -0.1) is 6.42 Å². The molecule has 1 atom stereocenters. The zero-order valence-corrected chi connectivity index (χ0v) is 17.1. The van der Waals surface area contributed by atoms with Crippen LogP contribution in [0.25, 0.3) is 10.9 Å². The molecule has 2 N–H and O–H groups in total. The second kappa shape index (κ2) is 8.62. The van der Waals surface area contributed by atoms with E-state index >= 15 is 0 Å². The molecule has 0 saturated heterocycles. The first-order valence-corrected chi connectivity index (χ1v) is 9.97. The van der Waals surface area contributed by atoms with Gasteiger partial charge in [-0.3, -0.25) is 9.59 Å². The van der Waals surface area contributed by atoms with Gasteiger partial charge in [0.25, 0.3) is 11.8 Å². The summed E-state index contributed by atoms with van der Waals surface area (Å²) >= 11 is 0. The lowest BCUT2D eigenvalue weighted by atomic mass is 9.91. The van der Waals surface area contributed by atoms with Crippen LogP contribution in [0.2, 0.25) is 0 Å². The topological polar surface area (TPSA) is 74.4 Å². The molecular weight excluding hydrogens is 397 g/mol. The summed E-state index contributed by atoms with van der Waals surface area (Å²) in [6, 6.07) is 11.2. The Morgan fingerprint density at radius 1 is 1.29 bits per heavy atom. The third-order valence-corrected chi connectivity index (χ3v) is 5.55. The lowest BCUT2D eigenvalue weighted by molar-refractivity contribution is -0.127. The van der Waals surface area contributed by atoms with E-state index in [1.807, 2.05) is 12.1 Å². The number of aromatic amines is 1. The van der Waals surface area contributed by atoms with Gasteiger partial charge in [0, 0.05) is 42.4 Å². The Labute approximate surface area is 179 Å². The number of hydrogen-bond donors (Lipinski definition) is 2. The van der Waals surface area contributed by atoms with Crippen molar-refractivity contribution in [1.82, 2.24) is 15.2 Å². The van der Waals surface area contributed by atoms with Crippen molar-refractivity contribution in [3.05, 3.63) is 70.7 Å². The first kappa shape index (κ1) is 20.6. The van der Waals surface area contributed by atoms with E-state index < -0.39 is 11.9 Å². The molecule has 2 amide bonds. The van der Waals surface area contributed by atoms with Crippen molar-refractivity contribution in [3.8, 4) is 12.3 Å². The van der Waals surface area contributed by atoms with Crippen molar-refractivity contribution in [2.24, 2.45) is 0 Å². The van der Waals surface area contributed by atoms with Crippen molar-refractivity contribution >= 4 is 22.7 Å². The van der Waals surface area contributed by atoms with E-state index in [1.165, 1.54) is 12.1 Å². The van der Waals surface area contributed by atoms with E-state index in [4.69, 9.17) is 11.2 Å². The average Bonchev–Trinajstić information content (AvgIpc) is 3.16. The number of H-pyrrole nitrogens is 1. The molecule has 0 spiro atoms. The van der Waals surface area contributed by atoms with Crippen LogP contribution in [0.3, 0.4) is 0 Å². The number of aromatic nitrogens is 1. The molecule has 0 bridgehead atoms. The van der Waals surface area contributed by atoms with Crippen molar-refractivity contribution in [2.45, 2.75) is 12.5 Å². The predicted molar refractivity (Wildman–Crippen MR) is 115 cm³/mol. The summed E-state index contributed by atoms with van der Waals surface area (Å²) in [6.07, 6.45) is 5.99. The number of carbonyl (C=O) groups is 2.